The first-order chi connectivity index (χ1) is 15.1. The van der Waals surface area contributed by atoms with Crippen molar-refractivity contribution in [1.82, 2.24) is 0 Å². The lowest BCUT2D eigenvalue weighted by atomic mass is 9.82. The predicted molar refractivity (Wildman–Crippen MR) is 121 cm³/mol. The van der Waals surface area contributed by atoms with Crippen molar-refractivity contribution in [3.05, 3.63) is 99.6 Å². The maximum Gasteiger partial charge on any atom is 0.269 e. The van der Waals surface area contributed by atoms with E-state index in [0.29, 0.717) is 11.3 Å². The van der Waals surface area contributed by atoms with Gasteiger partial charge in [-0.15, -0.1) is 0 Å². The Bertz CT molecular complexity index is 1300. The van der Waals surface area contributed by atoms with Gasteiger partial charge >= 0.3 is 0 Å². The summed E-state index contributed by atoms with van der Waals surface area (Å²) in [6.45, 7) is 5.20. The summed E-state index contributed by atoms with van der Waals surface area (Å²) >= 11 is 0. The molecule has 4 rings (SSSR count). The summed E-state index contributed by atoms with van der Waals surface area (Å²) in [5.41, 5.74) is 2.88. The van der Waals surface area contributed by atoms with Gasteiger partial charge in [-0.2, -0.15) is 0 Å². The van der Waals surface area contributed by atoms with Gasteiger partial charge in [0.1, 0.15) is 0 Å². The van der Waals surface area contributed by atoms with Crippen LogP contribution >= 0.6 is 0 Å². The van der Waals surface area contributed by atoms with Crippen molar-refractivity contribution in [2.24, 2.45) is 0 Å². The van der Waals surface area contributed by atoms with Crippen molar-refractivity contribution in [2.75, 3.05) is 4.90 Å². The van der Waals surface area contributed by atoms with Gasteiger partial charge in [0, 0.05) is 17.8 Å². The molecular formula is C24H22N2O5S. The number of nitro benzene ring substituents is 1. The lowest BCUT2D eigenvalue weighted by molar-refractivity contribution is -0.384. The summed E-state index contributed by atoms with van der Waals surface area (Å²) in [6.07, 6.45) is 0. The molecule has 164 valence electrons. The minimum absolute atomic E-state index is 0.0643. The zero-order valence-electron chi connectivity index (χ0n) is 17.8. The number of carbonyl (C=O) groups excluding carboxylic acids is 1. The lowest BCUT2D eigenvalue weighted by Crippen LogP contribution is -2.70. The molecule has 32 heavy (non-hydrogen) atoms. The number of aryl methyl sites for hydroxylation is 2. The fourth-order valence-electron chi connectivity index (χ4n) is 4.09. The molecule has 1 saturated heterocycles. The van der Waals surface area contributed by atoms with E-state index in [2.05, 4.69) is 0 Å². The van der Waals surface area contributed by atoms with Gasteiger partial charge in [-0.3, -0.25) is 14.9 Å². The molecule has 8 heteroatoms. The molecular weight excluding hydrogens is 428 g/mol. The van der Waals surface area contributed by atoms with E-state index < -0.39 is 31.5 Å². The summed E-state index contributed by atoms with van der Waals surface area (Å²) in [5, 5.41) is 11.1. The number of hydrogen-bond acceptors (Lipinski definition) is 5. The van der Waals surface area contributed by atoms with E-state index >= 15 is 0 Å². The number of rotatable bonds is 5. The molecule has 1 fully saturated rings. The molecule has 3 aromatic rings. The third kappa shape index (κ3) is 3.18. The first-order valence-electron chi connectivity index (χ1n) is 10.0. The second-order valence-corrected chi connectivity index (χ2v) is 10.5. The predicted octanol–water partition coefficient (Wildman–Crippen LogP) is 4.53. The van der Waals surface area contributed by atoms with Gasteiger partial charge < -0.3 is 4.90 Å². The molecule has 0 bridgehead atoms. The van der Waals surface area contributed by atoms with Crippen LogP contribution in [0.15, 0.2) is 77.7 Å². The third-order valence-electron chi connectivity index (χ3n) is 6.04. The Balaban J connectivity index is 1.86. The van der Waals surface area contributed by atoms with Gasteiger partial charge in [0.05, 0.1) is 15.9 Å². The number of hydrogen-bond donors (Lipinski definition) is 0. The summed E-state index contributed by atoms with van der Waals surface area (Å²) in [7, 11) is -4.07. The van der Waals surface area contributed by atoms with E-state index in [-0.39, 0.29) is 10.6 Å². The zero-order valence-corrected chi connectivity index (χ0v) is 18.7. The molecule has 0 saturated carbocycles. The molecule has 0 spiro atoms. The summed E-state index contributed by atoms with van der Waals surface area (Å²) in [6, 6.07) is 18.5. The molecule has 1 heterocycles. The lowest BCUT2D eigenvalue weighted by Gasteiger charge is -2.53. The summed E-state index contributed by atoms with van der Waals surface area (Å²) in [5.74, 6) is -0.537. The van der Waals surface area contributed by atoms with Gasteiger partial charge in [-0.25, -0.2) is 8.42 Å². The van der Waals surface area contributed by atoms with Gasteiger partial charge in [0.25, 0.3) is 11.6 Å². The van der Waals surface area contributed by atoms with Gasteiger partial charge in [-0.05, 0) is 50.6 Å². The van der Waals surface area contributed by atoms with Crippen LogP contribution in [0.4, 0.5) is 11.4 Å². The fourth-order valence-corrected chi connectivity index (χ4v) is 5.94. The van der Waals surface area contributed by atoms with E-state index in [9.17, 15) is 23.3 Å². The maximum absolute atomic E-state index is 13.7. The molecule has 0 radical (unpaired) electrons. The van der Waals surface area contributed by atoms with Crippen LogP contribution in [0.5, 0.6) is 0 Å². The maximum atomic E-state index is 13.7. The Morgan fingerprint density at radius 2 is 1.38 bits per heavy atom. The van der Waals surface area contributed by atoms with Crippen molar-refractivity contribution in [3.8, 4) is 0 Å². The first-order valence-corrected chi connectivity index (χ1v) is 11.5. The van der Waals surface area contributed by atoms with Crippen LogP contribution in [0.3, 0.4) is 0 Å². The smallest absolute Gasteiger partial charge is 0.269 e. The number of anilines is 1. The number of nitro groups is 1. The average Bonchev–Trinajstić information content (AvgIpc) is 2.77. The molecule has 0 aromatic heterocycles. The number of benzene rings is 3. The van der Waals surface area contributed by atoms with Crippen LogP contribution in [0.2, 0.25) is 0 Å². The zero-order chi connectivity index (χ0) is 23.3. The Morgan fingerprint density at radius 1 is 0.875 bits per heavy atom. The van der Waals surface area contributed by atoms with Gasteiger partial charge in [-0.1, -0.05) is 47.5 Å². The van der Waals surface area contributed by atoms with Crippen LogP contribution in [0, 0.1) is 24.0 Å². The minimum atomic E-state index is -4.07. The highest BCUT2D eigenvalue weighted by Gasteiger charge is 2.66. The van der Waals surface area contributed by atoms with Crippen LogP contribution < -0.4 is 4.90 Å². The number of sulfone groups is 1. The van der Waals surface area contributed by atoms with Crippen molar-refractivity contribution in [3.63, 3.8) is 0 Å². The quantitative estimate of drug-likeness (QED) is 0.323. The number of non-ortho nitro benzene ring substituents is 1. The number of nitrogens with zero attached hydrogens (tertiary/aromatic N) is 2. The highest BCUT2D eigenvalue weighted by atomic mass is 32.2. The third-order valence-corrected chi connectivity index (χ3v) is 8.45. The normalized spacial score (nSPS) is 20.7. The second kappa shape index (κ2) is 7.56. The number of β-lactam (4-membered cyclic amide) rings is 1. The summed E-state index contributed by atoms with van der Waals surface area (Å²) in [4.78, 5) is 25.5. The first kappa shape index (κ1) is 21.7. The SMILES string of the molecule is Cc1ccc(N2C(=O)[C@](C)(S(=O)(=O)c3ccc(C)cc3)[C@@H]2c2ccc([N+](=O)[O-])cc2)cc1. The molecule has 0 aliphatic carbocycles. The minimum Gasteiger partial charge on any atom is -0.301 e. The van der Waals surface area contributed by atoms with E-state index in [1.165, 1.54) is 48.2 Å². The topological polar surface area (TPSA) is 97.6 Å². The molecule has 1 aliphatic heterocycles. The van der Waals surface area contributed by atoms with Crippen LogP contribution in [-0.2, 0) is 14.6 Å². The monoisotopic (exact) mass is 450 g/mol. The van der Waals surface area contributed by atoms with Crippen molar-refractivity contribution in [2.45, 2.75) is 36.5 Å². The summed E-state index contributed by atoms with van der Waals surface area (Å²) < 4.78 is 25.6. The van der Waals surface area contributed by atoms with Crippen molar-refractivity contribution >= 4 is 27.1 Å². The van der Waals surface area contributed by atoms with Gasteiger partial charge in [0.15, 0.2) is 14.6 Å². The highest BCUT2D eigenvalue weighted by Crippen LogP contribution is 2.52. The molecule has 7 nitrogen and oxygen atoms in total. The van der Waals surface area contributed by atoms with Crippen LogP contribution in [0.25, 0.3) is 0 Å². The number of amides is 1. The van der Waals surface area contributed by atoms with Crippen LogP contribution in [-0.4, -0.2) is 24.0 Å². The Morgan fingerprint density at radius 3 is 1.88 bits per heavy atom. The molecule has 1 amide bonds. The van der Waals surface area contributed by atoms with E-state index in [1.807, 2.05) is 26.0 Å². The van der Waals surface area contributed by atoms with Crippen LogP contribution in [0.1, 0.15) is 29.7 Å². The average molecular weight is 451 g/mol. The molecule has 3 aromatic carbocycles. The largest absolute Gasteiger partial charge is 0.301 e. The van der Waals surface area contributed by atoms with E-state index in [4.69, 9.17) is 0 Å². The molecule has 0 N–H and O–H groups in total. The number of carbonyl (C=O) groups is 1. The Labute approximate surface area is 186 Å². The van der Waals surface area contributed by atoms with Crippen molar-refractivity contribution < 1.29 is 18.1 Å². The van der Waals surface area contributed by atoms with E-state index in [1.54, 1.807) is 24.3 Å². The standard InChI is InChI=1S/C24H22N2O5S/c1-16-4-10-19(11-5-16)25-22(18-8-12-20(13-9-18)26(28)29)24(3,23(25)27)32(30,31)21-14-6-17(2)7-15-21/h4-15,22H,1-3H3/t22-,24+/m0/s1. The van der Waals surface area contributed by atoms with E-state index in [0.717, 1.165) is 11.1 Å². The second-order valence-electron chi connectivity index (χ2n) is 8.19. The van der Waals surface area contributed by atoms with Gasteiger partial charge in [0.2, 0.25) is 0 Å². The molecule has 2 atom stereocenters. The molecule has 0 unspecified atom stereocenters. The fraction of sp³-hybridized carbons (Fsp3) is 0.208. The highest BCUT2D eigenvalue weighted by molar-refractivity contribution is 7.93. The molecule has 1 aliphatic rings. The Kier molecular flexibility index (Phi) is 5.13. The van der Waals surface area contributed by atoms with Crippen molar-refractivity contribution in [1.29, 1.82) is 0 Å². The Hall–Kier alpha value is -3.52.